The molecule has 0 radical (unpaired) electrons. The van der Waals surface area contributed by atoms with Crippen LogP contribution in [0.1, 0.15) is 42.3 Å². The Morgan fingerprint density at radius 1 is 1.03 bits per heavy atom. The van der Waals surface area contributed by atoms with Gasteiger partial charge in [0.25, 0.3) is 5.91 Å². The van der Waals surface area contributed by atoms with Gasteiger partial charge in [0, 0.05) is 25.2 Å². The van der Waals surface area contributed by atoms with Gasteiger partial charge in [0.2, 0.25) is 0 Å². The number of hydrogen-bond acceptors (Lipinski definition) is 4. The lowest BCUT2D eigenvalue weighted by atomic mass is 10.1. The van der Waals surface area contributed by atoms with Crippen molar-refractivity contribution in [2.24, 2.45) is 0 Å². The van der Waals surface area contributed by atoms with Crippen LogP contribution < -0.4 is 16.4 Å². The molecule has 7 nitrogen and oxygen atoms in total. The Morgan fingerprint density at radius 2 is 1.73 bits per heavy atom. The maximum atomic E-state index is 12.7. The van der Waals surface area contributed by atoms with Crippen molar-refractivity contribution in [2.75, 3.05) is 13.1 Å². The van der Waals surface area contributed by atoms with Gasteiger partial charge < -0.3 is 14.9 Å². The van der Waals surface area contributed by atoms with Gasteiger partial charge >= 0.3 is 11.1 Å². The molecule has 2 N–H and O–H groups in total. The first-order valence-corrected chi connectivity index (χ1v) is 10.3. The van der Waals surface area contributed by atoms with Gasteiger partial charge in [-0.1, -0.05) is 38.1 Å². The van der Waals surface area contributed by atoms with E-state index in [0.717, 1.165) is 25.2 Å². The lowest BCUT2D eigenvalue weighted by Gasteiger charge is -2.20. The number of nitrogens with one attached hydrogen (secondary N) is 2. The summed E-state index contributed by atoms with van der Waals surface area (Å²) in [7, 11) is 0. The Hall–Kier alpha value is -3.19. The molecule has 0 saturated carbocycles. The van der Waals surface area contributed by atoms with E-state index in [0.29, 0.717) is 29.7 Å². The molecule has 1 heterocycles. The van der Waals surface area contributed by atoms with Crippen molar-refractivity contribution in [2.45, 2.75) is 40.4 Å². The van der Waals surface area contributed by atoms with Crippen molar-refractivity contribution in [3.8, 4) is 0 Å². The first kappa shape index (κ1) is 21.5. The van der Waals surface area contributed by atoms with Crippen molar-refractivity contribution in [3.63, 3.8) is 0 Å². The third kappa shape index (κ3) is 4.52. The normalized spacial score (nSPS) is 11.2. The molecule has 0 aliphatic heterocycles. The zero-order chi connectivity index (χ0) is 21.7. The lowest BCUT2D eigenvalue weighted by molar-refractivity contribution is 0.0951. The summed E-state index contributed by atoms with van der Waals surface area (Å²) in [6, 6.07) is 13.1. The first-order chi connectivity index (χ1) is 14.5. The second-order valence-electron chi connectivity index (χ2n) is 7.15. The molecule has 30 heavy (non-hydrogen) atoms. The fourth-order valence-corrected chi connectivity index (χ4v) is 3.58. The number of aromatic amines is 1. The Balaban J connectivity index is 1.81. The van der Waals surface area contributed by atoms with E-state index >= 15 is 0 Å². The van der Waals surface area contributed by atoms with Crippen molar-refractivity contribution >= 4 is 16.9 Å². The Morgan fingerprint density at radius 3 is 2.40 bits per heavy atom. The number of amides is 1. The van der Waals surface area contributed by atoms with Gasteiger partial charge in [0.05, 0.1) is 11.0 Å². The molecule has 158 valence electrons. The highest BCUT2D eigenvalue weighted by Gasteiger charge is 2.12. The van der Waals surface area contributed by atoms with E-state index < -0.39 is 11.1 Å². The highest BCUT2D eigenvalue weighted by atomic mass is 16.2. The van der Waals surface area contributed by atoms with Crippen LogP contribution in [0.15, 0.2) is 52.1 Å². The maximum absolute atomic E-state index is 12.7. The van der Waals surface area contributed by atoms with Crippen LogP contribution in [-0.2, 0) is 19.6 Å². The second-order valence-corrected chi connectivity index (χ2v) is 7.15. The zero-order valence-electron chi connectivity index (χ0n) is 17.7. The Labute approximate surface area is 175 Å². The second kappa shape index (κ2) is 9.54. The average Bonchev–Trinajstić information content (AvgIpc) is 2.77. The molecule has 0 bridgehead atoms. The zero-order valence-corrected chi connectivity index (χ0v) is 17.7. The monoisotopic (exact) mass is 408 g/mol. The molecule has 3 rings (SSSR count). The van der Waals surface area contributed by atoms with Crippen LogP contribution in [0.3, 0.4) is 0 Å². The molecule has 2 aromatic carbocycles. The van der Waals surface area contributed by atoms with Crippen molar-refractivity contribution in [1.82, 2.24) is 19.8 Å². The maximum Gasteiger partial charge on any atom is 0.316 e. The lowest BCUT2D eigenvalue weighted by Crippen LogP contribution is -2.36. The summed E-state index contributed by atoms with van der Waals surface area (Å²) in [6.07, 6.45) is 0. The molecule has 0 aliphatic rings. The van der Waals surface area contributed by atoms with E-state index in [1.54, 1.807) is 25.1 Å². The fraction of sp³-hybridized carbons (Fsp3) is 0.348. The third-order valence-corrected chi connectivity index (χ3v) is 5.40. The number of rotatable bonds is 8. The number of fused-ring (bicyclic) bond motifs is 1. The number of carbonyl (C=O) groups excluding carboxylic acids is 1. The van der Waals surface area contributed by atoms with Crippen LogP contribution >= 0.6 is 0 Å². The molecule has 0 unspecified atom stereocenters. The molecule has 0 spiro atoms. The van der Waals surface area contributed by atoms with Gasteiger partial charge in [-0.15, -0.1) is 0 Å². The number of aromatic nitrogens is 2. The number of H-pyrrole nitrogens is 1. The highest BCUT2D eigenvalue weighted by molar-refractivity contribution is 5.97. The first-order valence-electron chi connectivity index (χ1n) is 10.3. The summed E-state index contributed by atoms with van der Waals surface area (Å²) >= 11 is 0. The summed E-state index contributed by atoms with van der Waals surface area (Å²) in [5.74, 6) is -0.232. The van der Waals surface area contributed by atoms with Gasteiger partial charge in [-0.3, -0.25) is 19.3 Å². The predicted octanol–water partition coefficient (Wildman–Crippen LogP) is 2.48. The molecule has 0 atom stereocenters. The number of carbonyl (C=O) groups is 1. The molecule has 1 aromatic heterocycles. The minimum absolute atomic E-state index is 0.232. The molecular formula is C23H28N4O3. The smallest absolute Gasteiger partial charge is 0.316 e. The topological polar surface area (TPSA) is 87.2 Å². The van der Waals surface area contributed by atoms with E-state index in [-0.39, 0.29) is 5.91 Å². The number of aryl methyl sites for hydroxylation is 1. The van der Waals surface area contributed by atoms with Crippen LogP contribution in [0, 0.1) is 0 Å². The van der Waals surface area contributed by atoms with E-state index in [4.69, 9.17) is 0 Å². The molecule has 1 amide bonds. The van der Waals surface area contributed by atoms with Gasteiger partial charge in [0.1, 0.15) is 0 Å². The Bertz CT molecular complexity index is 1160. The fourth-order valence-electron chi connectivity index (χ4n) is 3.58. The molecule has 0 saturated heterocycles. The van der Waals surface area contributed by atoms with E-state index in [1.165, 1.54) is 10.1 Å². The van der Waals surface area contributed by atoms with E-state index in [2.05, 4.69) is 35.1 Å². The van der Waals surface area contributed by atoms with Crippen molar-refractivity contribution < 1.29 is 4.79 Å². The summed E-state index contributed by atoms with van der Waals surface area (Å²) in [5, 5.41) is 2.97. The van der Waals surface area contributed by atoms with Gasteiger partial charge in [-0.05, 0) is 49.3 Å². The van der Waals surface area contributed by atoms with E-state index in [9.17, 15) is 14.4 Å². The highest BCUT2D eigenvalue weighted by Crippen LogP contribution is 2.14. The molecule has 0 fully saturated rings. The molecule has 3 aromatic rings. The number of benzene rings is 2. The quantitative estimate of drug-likeness (QED) is 0.561. The number of nitrogens with zero attached hydrogens (tertiary/aromatic N) is 2. The van der Waals surface area contributed by atoms with Crippen LogP contribution in [0.25, 0.3) is 11.0 Å². The standard InChI is InChI=1S/C23H28N4O3/c1-4-26(5-2)15-18-10-8-7-9-17(18)14-24-21(28)16-11-12-20-19(13-16)25-22(29)23(30)27(20)6-3/h7-13H,4-6,14-15H2,1-3H3,(H,24,28)(H,25,29). The molecular weight excluding hydrogens is 380 g/mol. The minimum atomic E-state index is -0.688. The minimum Gasteiger partial charge on any atom is -0.348 e. The predicted molar refractivity (Wildman–Crippen MR) is 119 cm³/mol. The van der Waals surface area contributed by atoms with Crippen LogP contribution in [-0.4, -0.2) is 33.4 Å². The van der Waals surface area contributed by atoms with E-state index in [1.807, 2.05) is 18.2 Å². The van der Waals surface area contributed by atoms with Gasteiger partial charge in [0.15, 0.2) is 0 Å². The molecule has 7 heteroatoms. The van der Waals surface area contributed by atoms with Gasteiger partial charge in [-0.25, -0.2) is 0 Å². The van der Waals surface area contributed by atoms with Crippen molar-refractivity contribution in [1.29, 1.82) is 0 Å². The third-order valence-electron chi connectivity index (χ3n) is 5.40. The largest absolute Gasteiger partial charge is 0.348 e. The average molecular weight is 409 g/mol. The molecule has 0 aliphatic carbocycles. The number of hydrogen-bond donors (Lipinski definition) is 2. The van der Waals surface area contributed by atoms with Crippen LogP contribution in [0.5, 0.6) is 0 Å². The Kier molecular flexibility index (Phi) is 6.84. The van der Waals surface area contributed by atoms with Crippen LogP contribution in [0.2, 0.25) is 0 Å². The summed E-state index contributed by atoms with van der Waals surface area (Å²) in [5.41, 5.74) is 2.49. The van der Waals surface area contributed by atoms with Crippen molar-refractivity contribution in [3.05, 3.63) is 79.9 Å². The SMILES string of the molecule is CCN(CC)Cc1ccccc1CNC(=O)c1ccc2c(c1)[nH]c(=O)c(=O)n2CC. The van der Waals surface area contributed by atoms with Crippen LogP contribution in [0.4, 0.5) is 0 Å². The summed E-state index contributed by atoms with van der Waals surface area (Å²) in [6.45, 7) is 9.64. The summed E-state index contributed by atoms with van der Waals surface area (Å²) in [4.78, 5) is 41.5. The summed E-state index contributed by atoms with van der Waals surface area (Å²) < 4.78 is 1.40. The van der Waals surface area contributed by atoms with Gasteiger partial charge in [-0.2, -0.15) is 0 Å².